The van der Waals surface area contributed by atoms with Crippen LogP contribution in [-0.2, 0) is 4.79 Å². The molecule has 0 bridgehead atoms. The van der Waals surface area contributed by atoms with Gasteiger partial charge in [-0.25, -0.2) is 0 Å². The number of piperidine rings is 1. The number of carboxylic acid groups (broad SMARTS) is 1. The molecule has 1 aliphatic rings. The zero-order valence-electron chi connectivity index (χ0n) is 9.37. The van der Waals surface area contributed by atoms with E-state index in [-0.39, 0.29) is 12.3 Å². The number of aliphatic hydroxyl groups is 1. The molecule has 0 spiro atoms. The fourth-order valence-electron chi connectivity index (χ4n) is 1.40. The van der Waals surface area contributed by atoms with Gasteiger partial charge in [0.25, 0.3) is 0 Å². The van der Waals surface area contributed by atoms with Crippen molar-refractivity contribution in [3.05, 3.63) is 0 Å². The van der Waals surface area contributed by atoms with Gasteiger partial charge in [0.1, 0.15) is 6.04 Å². The highest BCUT2D eigenvalue weighted by molar-refractivity contribution is 5.73. The third kappa shape index (κ3) is 3.27. The van der Waals surface area contributed by atoms with E-state index in [4.69, 9.17) is 5.11 Å². The van der Waals surface area contributed by atoms with Gasteiger partial charge in [-0.1, -0.05) is 20.8 Å². The van der Waals surface area contributed by atoms with Crippen LogP contribution in [-0.4, -0.2) is 34.4 Å². The SMILES string of the molecule is CC.CC1CNC(C(=O)O)CC1(C)O. The van der Waals surface area contributed by atoms with E-state index in [2.05, 4.69) is 5.32 Å². The fourth-order valence-corrected chi connectivity index (χ4v) is 1.40. The van der Waals surface area contributed by atoms with Gasteiger partial charge < -0.3 is 15.5 Å². The Balaban J connectivity index is 0.000000791. The second kappa shape index (κ2) is 5.32. The zero-order chi connectivity index (χ0) is 11.4. The lowest BCUT2D eigenvalue weighted by Gasteiger charge is -2.38. The first kappa shape index (κ1) is 13.4. The van der Waals surface area contributed by atoms with Gasteiger partial charge in [0.15, 0.2) is 0 Å². The maximum Gasteiger partial charge on any atom is 0.320 e. The molecule has 0 aliphatic carbocycles. The van der Waals surface area contributed by atoms with Gasteiger partial charge in [0.05, 0.1) is 5.60 Å². The third-order valence-electron chi connectivity index (χ3n) is 2.65. The van der Waals surface area contributed by atoms with Crippen molar-refractivity contribution in [1.82, 2.24) is 5.32 Å². The van der Waals surface area contributed by atoms with Crippen LogP contribution in [0.25, 0.3) is 0 Å². The van der Waals surface area contributed by atoms with Gasteiger partial charge in [-0.15, -0.1) is 0 Å². The minimum absolute atomic E-state index is 0.105. The van der Waals surface area contributed by atoms with Gasteiger partial charge in [0, 0.05) is 13.0 Å². The van der Waals surface area contributed by atoms with Crippen molar-refractivity contribution < 1.29 is 15.0 Å². The van der Waals surface area contributed by atoms with Crippen LogP contribution in [0.1, 0.15) is 34.1 Å². The summed E-state index contributed by atoms with van der Waals surface area (Å²) >= 11 is 0. The van der Waals surface area contributed by atoms with E-state index in [1.54, 1.807) is 6.92 Å². The summed E-state index contributed by atoms with van der Waals surface area (Å²) < 4.78 is 0. The molecule has 84 valence electrons. The van der Waals surface area contributed by atoms with Crippen molar-refractivity contribution in [1.29, 1.82) is 0 Å². The van der Waals surface area contributed by atoms with Crippen LogP contribution in [0.15, 0.2) is 0 Å². The Morgan fingerprint density at radius 2 is 2.00 bits per heavy atom. The average molecular weight is 203 g/mol. The summed E-state index contributed by atoms with van der Waals surface area (Å²) in [7, 11) is 0. The van der Waals surface area contributed by atoms with E-state index in [0.717, 1.165) is 0 Å². The molecule has 14 heavy (non-hydrogen) atoms. The summed E-state index contributed by atoms with van der Waals surface area (Å²) in [6.07, 6.45) is 0.281. The van der Waals surface area contributed by atoms with E-state index in [0.29, 0.717) is 6.54 Å². The van der Waals surface area contributed by atoms with Crippen molar-refractivity contribution in [3.63, 3.8) is 0 Å². The number of hydrogen-bond donors (Lipinski definition) is 3. The molecule has 0 aromatic heterocycles. The monoisotopic (exact) mass is 203 g/mol. The zero-order valence-corrected chi connectivity index (χ0v) is 9.37. The molecule has 1 fully saturated rings. The maximum absolute atomic E-state index is 10.6. The first-order chi connectivity index (χ1) is 6.43. The molecular formula is C10H21NO3. The lowest BCUT2D eigenvalue weighted by atomic mass is 9.81. The van der Waals surface area contributed by atoms with Gasteiger partial charge in [0.2, 0.25) is 0 Å². The number of carboxylic acids is 1. The molecule has 3 unspecified atom stereocenters. The Kier molecular flexibility index (Phi) is 5.08. The van der Waals surface area contributed by atoms with Gasteiger partial charge >= 0.3 is 5.97 Å². The summed E-state index contributed by atoms with van der Waals surface area (Å²) in [5.41, 5.74) is -0.853. The molecule has 1 heterocycles. The van der Waals surface area contributed by atoms with Gasteiger partial charge in [-0.3, -0.25) is 4.79 Å². The minimum atomic E-state index is -0.887. The van der Waals surface area contributed by atoms with Crippen LogP contribution < -0.4 is 5.32 Å². The molecule has 1 rings (SSSR count). The number of carbonyl (C=O) groups is 1. The Morgan fingerprint density at radius 3 is 2.36 bits per heavy atom. The molecule has 3 N–H and O–H groups in total. The average Bonchev–Trinajstić information content (AvgIpc) is 2.13. The van der Waals surface area contributed by atoms with Crippen LogP contribution in [0.4, 0.5) is 0 Å². The first-order valence-electron chi connectivity index (χ1n) is 5.12. The number of hydrogen-bond acceptors (Lipinski definition) is 3. The van der Waals surface area contributed by atoms with Gasteiger partial charge in [-0.2, -0.15) is 0 Å². The van der Waals surface area contributed by atoms with Crippen LogP contribution in [0, 0.1) is 5.92 Å². The smallest absolute Gasteiger partial charge is 0.320 e. The lowest BCUT2D eigenvalue weighted by Crippen LogP contribution is -2.54. The third-order valence-corrected chi connectivity index (χ3v) is 2.65. The Hall–Kier alpha value is -0.610. The Labute approximate surface area is 85.3 Å². The Bertz CT molecular complexity index is 192. The molecule has 0 amide bonds. The van der Waals surface area contributed by atoms with Crippen molar-refractivity contribution in [3.8, 4) is 0 Å². The topological polar surface area (TPSA) is 69.6 Å². The molecule has 3 atom stereocenters. The van der Waals surface area contributed by atoms with Gasteiger partial charge in [-0.05, 0) is 12.8 Å². The molecule has 0 radical (unpaired) electrons. The van der Waals surface area contributed by atoms with E-state index >= 15 is 0 Å². The summed E-state index contributed by atoms with van der Waals surface area (Å²) in [4.78, 5) is 10.6. The van der Waals surface area contributed by atoms with Crippen molar-refractivity contribution in [2.45, 2.75) is 45.8 Å². The number of aliphatic carboxylic acids is 1. The van der Waals surface area contributed by atoms with Crippen molar-refractivity contribution >= 4 is 5.97 Å². The molecule has 1 saturated heterocycles. The quantitative estimate of drug-likeness (QED) is 0.591. The number of nitrogens with one attached hydrogen (secondary N) is 1. The van der Waals surface area contributed by atoms with E-state index in [9.17, 15) is 9.90 Å². The van der Waals surface area contributed by atoms with Crippen LogP contribution in [0.2, 0.25) is 0 Å². The molecule has 0 aromatic rings. The summed E-state index contributed by atoms with van der Waals surface area (Å²) in [6.45, 7) is 8.16. The van der Waals surface area contributed by atoms with E-state index < -0.39 is 17.6 Å². The second-order valence-corrected chi connectivity index (χ2v) is 3.76. The largest absolute Gasteiger partial charge is 0.480 e. The predicted octanol–water partition coefficient (Wildman–Crippen LogP) is 0.846. The summed E-state index contributed by atoms with van der Waals surface area (Å²) in [5, 5.41) is 21.3. The Morgan fingerprint density at radius 1 is 1.50 bits per heavy atom. The summed E-state index contributed by atoms with van der Waals surface area (Å²) in [5.74, 6) is -0.782. The standard InChI is InChI=1S/C8H15NO3.C2H6/c1-5-4-9-6(7(10)11)3-8(5,2)12;1-2/h5-6,9,12H,3-4H2,1-2H3,(H,10,11);1-2H3. The highest BCUT2D eigenvalue weighted by Crippen LogP contribution is 2.25. The summed E-state index contributed by atoms with van der Waals surface area (Å²) in [6, 6.07) is -0.601. The maximum atomic E-state index is 10.6. The van der Waals surface area contributed by atoms with Crippen LogP contribution >= 0.6 is 0 Å². The lowest BCUT2D eigenvalue weighted by molar-refractivity contribution is -0.144. The molecule has 1 aliphatic heterocycles. The highest BCUT2D eigenvalue weighted by atomic mass is 16.4. The first-order valence-corrected chi connectivity index (χ1v) is 5.12. The van der Waals surface area contributed by atoms with Crippen LogP contribution in [0.3, 0.4) is 0 Å². The second-order valence-electron chi connectivity index (χ2n) is 3.76. The molecule has 4 heteroatoms. The molecule has 0 aromatic carbocycles. The van der Waals surface area contributed by atoms with Crippen molar-refractivity contribution in [2.24, 2.45) is 5.92 Å². The minimum Gasteiger partial charge on any atom is -0.480 e. The van der Waals surface area contributed by atoms with E-state index in [1.165, 1.54) is 0 Å². The molecule has 0 saturated carbocycles. The van der Waals surface area contributed by atoms with Crippen molar-refractivity contribution in [2.75, 3.05) is 6.54 Å². The molecule has 4 nitrogen and oxygen atoms in total. The normalized spacial score (nSPS) is 36.9. The van der Waals surface area contributed by atoms with Crippen LogP contribution in [0.5, 0.6) is 0 Å². The predicted molar refractivity (Wildman–Crippen MR) is 55.2 cm³/mol. The molecular weight excluding hydrogens is 182 g/mol. The fraction of sp³-hybridized carbons (Fsp3) is 0.900. The number of rotatable bonds is 1. The highest BCUT2D eigenvalue weighted by Gasteiger charge is 2.38. The van der Waals surface area contributed by atoms with E-state index in [1.807, 2.05) is 20.8 Å².